The smallest absolute Gasteiger partial charge is 0.372 e. The molecule has 0 saturated heterocycles. The molecule has 1 aromatic heterocycles. The predicted octanol–water partition coefficient (Wildman–Crippen LogP) is 2.40. The highest BCUT2D eigenvalue weighted by molar-refractivity contribution is 5.86. The maximum atomic E-state index is 10.8. The highest BCUT2D eigenvalue weighted by Crippen LogP contribution is 2.18. The van der Waals surface area contributed by atoms with Crippen LogP contribution in [0.5, 0.6) is 0 Å². The summed E-state index contributed by atoms with van der Waals surface area (Å²) in [5.41, 5.74) is 0.734. The van der Waals surface area contributed by atoms with E-state index in [0.29, 0.717) is 12.6 Å². The van der Waals surface area contributed by atoms with Gasteiger partial charge in [-0.1, -0.05) is 19.3 Å². The molecule has 1 aliphatic rings. The molecule has 4 heteroatoms. The Morgan fingerprint density at radius 1 is 1.44 bits per heavy atom. The SMILES string of the molecule is O=C(O)c1occc1CNC1CCCCC1. The summed E-state index contributed by atoms with van der Waals surface area (Å²) in [6.45, 7) is 0.586. The van der Waals surface area contributed by atoms with Gasteiger partial charge in [0.25, 0.3) is 0 Å². The molecule has 1 saturated carbocycles. The van der Waals surface area contributed by atoms with Crippen LogP contribution in [-0.2, 0) is 6.54 Å². The van der Waals surface area contributed by atoms with E-state index >= 15 is 0 Å². The number of hydrogen-bond acceptors (Lipinski definition) is 3. The fourth-order valence-corrected chi connectivity index (χ4v) is 2.22. The van der Waals surface area contributed by atoms with Crippen molar-refractivity contribution in [2.24, 2.45) is 0 Å². The highest BCUT2D eigenvalue weighted by Gasteiger charge is 2.16. The summed E-state index contributed by atoms with van der Waals surface area (Å²) < 4.78 is 4.93. The molecule has 2 rings (SSSR count). The molecular weight excluding hydrogens is 206 g/mol. The van der Waals surface area contributed by atoms with Gasteiger partial charge >= 0.3 is 5.97 Å². The van der Waals surface area contributed by atoms with E-state index in [2.05, 4.69) is 5.32 Å². The van der Waals surface area contributed by atoms with E-state index < -0.39 is 5.97 Å². The minimum absolute atomic E-state index is 0.0586. The lowest BCUT2D eigenvalue weighted by Gasteiger charge is -2.22. The van der Waals surface area contributed by atoms with Crippen molar-refractivity contribution in [1.29, 1.82) is 0 Å². The molecule has 1 heterocycles. The quantitative estimate of drug-likeness (QED) is 0.822. The molecule has 0 atom stereocenters. The van der Waals surface area contributed by atoms with Crippen LogP contribution in [0, 0.1) is 0 Å². The largest absolute Gasteiger partial charge is 0.475 e. The molecule has 1 aromatic rings. The first-order chi connectivity index (χ1) is 7.77. The van der Waals surface area contributed by atoms with E-state index in [0.717, 1.165) is 5.56 Å². The van der Waals surface area contributed by atoms with Gasteiger partial charge < -0.3 is 14.8 Å². The van der Waals surface area contributed by atoms with Crippen LogP contribution < -0.4 is 5.32 Å². The third-order valence-electron chi connectivity index (χ3n) is 3.13. The minimum Gasteiger partial charge on any atom is -0.475 e. The first-order valence-corrected chi connectivity index (χ1v) is 5.80. The molecule has 88 valence electrons. The van der Waals surface area contributed by atoms with E-state index in [4.69, 9.17) is 9.52 Å². The molecule has 2 N–H and O–H groups in total. The van der Waals surface area contributed by atoms with E-state index in [1.54, 1.807) is 6.07 Å². The Hall–Kier alpha value is -1.29. The molecule has 0 unspecified atom stereocenters. The van der Waals surface area contributed by atoms with Gasteiger partial charge in [-0.25, -0.2) is 4.79 Å². The standard InChI is InChI=1S/C12H17NO3/c14-12(15)11-9(6-7-16-11)8-13-10-4-2-1-3-5-10/h6-7,10,13H,1-5,8H2,(H,14,15). The van der Waals surface area contributed by atoms with Gasteiger partial charge in [0.1, 0.15) is 0 Å². The molecule has 0 bridgehead atoms. The summed E-state index contributed by atoms with van der Waals surface area (Å²) in [5.74, 6) is -0.936. The van der Waals surface area contributed by atoms with Crippen molar-refractivity contribution >= 4 is 5.97 Å². The summed E-state index contributed by atoms with van der Waals surface area (Å²) in [4.78, 5) is 10.8. The number of carboxylic acids is 1. The molecule has 16 heavy (non-hydrogen) atoms. The average molecular weight is 223 g/mol. The third kappa shape index (κ3) is 2.64. The van der Waals surface area contributed by atoms with Crippen molar-refractivity contribution in [2.45, 2.75) is 44.7 Å². The van der Waals surface area contributed by atoms with Crippen molar-refractivity contribution in [3.05, 3.63) is 23.7 Å². The van der Waals surface area contributed by atoms with Gasteiger partial charge in [0.05, 0.1) is 6.26 Å². The molecule has 1 aliphatic carbocycles. The maximum absolute atomic E-state index is 10.8. The molecule has 0 radical (unpaired) electrons. The second-order valence-electron chi connectivity index (χ2n) is 4.30. The number of carboxylic acid groups (broad SMARTS) is 1. The van der Waals surface area contributed by atoms with Gasteiger partial charge in [-0.2, -0.15) is 0 Å². The molecule has 4 nitrogen and oxygen atoms in total. The fraction of sp³-hybridized carbons (Fsp3) is 0.583. The fourth-order valence-electron chi connectivity index (χ4n) is 2.22. The van der Waals surface area contributed by atoms with Crippen molar-refractivity contribution in [2.75, 3.05) is 0 Å². The van der Waals surface area contributed by atoms with Crippen molar-refractivity contribution in [1.82, 2.24) is 5.32 Å². The summed E-state index contributed by atoms with van der Waals surface area (Å²) in [5, 5.41) is 12.3. The van der Waals surface area contributed by atoms with Gasteiger partial charge in [0.15, 0.2) is 0 Å². The van der Waals surface area contributed by atoms with Crippen LogP contribution in [0.25, 0.3) is 0 Å². The number of aromatic carboxylic acids is 1. The Morgan fingerprint density at radius 3 is 2.88 bits per heavy atom. The van der Waals surface area contributed by atoms with Gasteiger partial charge in [-0.15, -0.1) is 0 Å². The average Bonchev–Trinajstić information content (AvgIpc) is 2.76. The molecule has 0 aliphatic heterocycles. The molecule has 0 aromatic carbocycles. The number of furan rings is 1. The van der Waals surface area contributed by atoms with E-state index in [9.17, 15) is 4.79 Å². The predicted molar refractivity (Wildman–Crippen MR) is 59.4 cm³/mol. The molecule has 0 amide bonds. The topological polar surface area (TPSA) is 62.5 Å². The van der Waals surface area contributed by atoms with Crippen LogP contribution in [0.3, 0.4) is 0 Å². The van der Waals surface area contributed by atoms with Crippen molar-refractivity contribution in [3.63, 3.8) is 0 Å². The Kier molecular flexibility index (Phi) is 3.62. The van der Waals surface area contributed by atoms with Crippen molar-refractivity contribution in [3.8, 4) is 0 Å². The van der Waals surface area contributed by atoms with Crippen LogP contribution >= 0.6 is 0 Å². The van der Waals surface area contributed by atoms with Gasteiger partial charge in [0, 0.05) is 18.2 Å². The first-order valence-electron chi connectivity index (χ1n) is 5.80. The van der Waals surface area contributed by atoms with Crippen LogP contribution in [-0.4, -0.2) is 17.1 Å². The minimum atomic E-state index is -0.995. The van der Waals surface area contributed by atoms with Gasteiger partial charge in [-0.05, 0) is 18.9 Å². The van der Waals surface area contributed by atoms with Gasteiger partial charge in [-0.3, -0.25) is 0 Å². The monoisotopic (exact) mass is 223 g/mol. The Balaban J connectivity index is 1.88. The van der Waals surface area contributed by atoms with Crippen molar-refractivity contribution < 1.29 is 14.3 Å². The number of carbonyl (C=O) groups is 1. The molecule has 0 spiro atoms. The second-order valence-corrected chi connectivity index (χ2v) is 4.30. The summed E-state index contributed by atoms with van der Waals surface area (Å²) in [6, 6.07) is 2.25. The molecular formula is C12H17NO3. The molecule has 1 fully saturated rings. The highest BCUT2D eigenvalue weighted by atomic mass is 16.4. The summed E-state index contributed by atoms with van der Waals surface area (Å²) in [7, 11) is 0. The van der Waals surface area contributed by atoms with Crippen LogP contribution in [0.15, 0.2) is 16.7 Å². The second kappa shape index (κ2) is 5.16. The lowest BCUT2D eigenvalue weighted by molar-refractivity contribution is 0.0660. The van der Waals surface area contributed by atoms with Crippen LogP contribution in [0.2, 0.25) is 0 Å². The lowest BCUT2D eigenvalue weighted by atomic mass is 9.95. The normalized spacial score (nSPS) is 17.5. The van der Waals surface area contributed by atoms with Crippen LogP contribution in [0.4, 0.5) is 0 Å². The summed E-state index contributed by atoms with van der Waals surface area (Å²) in [6.07, 6.45) is 7.69. The van der Waals surface area contributed by atoms with E-state index in [1.807, 2.05) is 0 Å². The zero-order valence-electron chi connectivity index (χ0n) is 9.24. The zero-order valence-corrected chi connectivity index (χ0v) is 9.24. The lowest BCUT2D eigenvalue weighted by Crippen LogP contribution is -2.30. The Bertz CT molecular complexity index is 353. The van der Waals surface area contributed by atoms with E-state index in [1.165, 1.54) is 38.4 Å². The Labute approximate surface area is 94.6 Å². The number of hydrogen-bond donors (Lipinski definition) is 2. The summed E-state index contributed by atoms with van der Waals surface area (Å²) >= 11 is 0. The maximum Gasteiger partial charge on any atom is 0.372 e. The van der Waals surface area contributed by atoms with Gasteiger partial charge in [0.2, 0.25) is 5.76 Å². The van der Waals surface area contributed by atoms with E-state index in [-0.39, 0.29) is 5.76 Å². The van der Waals surface area contributed by atoms with Crippen LogP contribution in [0.1, 0.15) is 48.2 Å². The third-order valence-corrected chi connectivity index (χ3v) is 3.13. The Morgan fingerprint density at radius 2 is 2.19 bits per heavy atom. The number of nitrogens with one attached hydrogen (secondary N) is 1. The number of rotatable bonds is 4. The first kappa shape index (κ1) is 11.2. The zero-order chi connectivity index (χ0) is 11.4.